The van der Waals surface area contributed by atoms with Gasteiger partial charge >= 0.3 is 5.97 Å². The molecule has 0 aromatic rings. The Morgan fingerprint density at radius 3 is 2.75 bits per heavy atom. The van der Waals surface area contributed by atoms with Crippen LogP contribution in [0.4, 0.5) is 0 Å². The first-order valence-corrected chi connectivity index (χ1v) is 6.69. The highest BCUT2D eigenvalue weighted by Gasteiger charge is 2.29. The van der Waals surface area contributed by atoms with Crippen molar-refractivity contribution in [3.05, 3.63) is 0 Å². The zero-order valence-corrected chi connectivity index (χ0v) is 9.53. The van der Waals surface area contributed by atoms with Crippen LogP contribution in [-0.2, 0) is 14.8 Å². The average molecular weight is 246 g/mol. The van der Waals surface area contributed by atoms with Crippen LogP contribution in [0.1, 0.15) is 25.7 Å². The van der Waals surface area contributed by atoms with E-state index in [2.05, 4.69) is 4.72 Å². The molecule has 2 unspecified atom stereocenters. The van der Waals surface area contributed by atoms with Crippen molar-refractivity contribution in [1.29, 1.82) is 5.26 Å². The molecule has 0 aliphatic heterocycles. The minimum Gasteiger partial charge on any atom is -0.481 e. The topological polar surface area (TPSA) is 107 Å². The first-order valence-electron chi connectivity index (χ1n) is 5.04. The summed E-state index contributed by atoms with van der Waals surface area (Å²) in [5.74, 6) is -1.95. The lowest BCUT2D eigenvalue weighted by Crippen LogP contribution is -2.40. The van der Waals surface area contributed by atoms with E-state index >= 15 is 0 Å². The molecule has 0 aromatic heterocycles. The molecule has 1 fully saturated rings. The summed E-state index contributed by atoms with van der Waals surface area (Å²) in [5.41, 5.74) is 0. The second kappa shape index (κ2) is 5.27. The second-order valence-corrected chi connectivity index (χ2v) is 5.69. The zero-order chi connectivity index (χ0) is 12.2. The van der Waals surface area contributed by atoms with Crippen molar-refractivity contribution < 1.29 is 18.3 Å². The molecule has 16 heavy (non-hydrogen) atoms. The van der Waals surface area contributed by atoms with Gasteiger partial charge in [-0.2, -0.15) is 5.26 Å². The van der Waals surface area contributed by atoms with E-state index in [0.717, 1.165) is 0 Å². The van der Waals surface area contributed by atoms with E-state index in [1.54, 1.807) is 6.07 Å². The predicted molar refractivity (Wildman–Crippen MR) is 55.9 cm³/mol. The number of hydrogen-bond donors (Lipinski definition) is 2. The number of carboxylic acid groups (broad SMARTS) is 1. The van der Waals surface area contributed by atoms with Crippen molar-refractivity contribution in [2.24, 2.45) is 5.92 Å². The summed E-state index contributed by atoms with van der Waals surface area (Å²) in [5, 5.41) is 17.1. The van der Waals surface area contributed by atoms with Crippen LogP contribution in [-0.4, -0.2) is 31.3 Å². The third kappa shape index (κ3) is 3.79. The third-order valence-corrected chi connectivity index (χ3v) is 3.83. The number of carboxylic acids is 1. The number of carbonyl (C=O) groups is 1. The Kier molecular flexibility index (Phi) is 4.26. The molecule has 0 radical (unpaired) electrons. The summed E-state index contributed by atoms with van der Waals surface area (Å²) in [6, 6.07) is 1.21. The maximum absolute atomic E-state index is 11.3. The zero-order valence-electron chi connectivity index (χ0n) is 8.72. The smallest absolute Gasteiger partial charge is 0.306 e. The van der Waals surface area contributed by atoms with Gasteiger partial charge in [0.1, 0.15) is 0 Å². The SMILES string of the molecule is N#CCS(=O)(=O)NC1CCCC(C(=O)O)C1. The number of aliphatic carboxylic acids is 1. The normalized spacial score (nSPS) is 25.9. The average Bonchev–Trinajstić information content (AvgIpc) is 2.17. The molecule has 2 N–H and O–H groups in total. The van der Waals surface area contributed by atoms with Crippen LogP contribution in [0.15, 0.2) is 0 Å². The number of hydrogen-bond acceptors (Lipinski definition) is 4. The van der Waals surface area contributed by atoms with Crippen LogP contribution in [0.25, 0.3) is 0 Å². The summed E-state index contributed by atoms with van der Waals surface area (Å²) in [6.07, 6.45) is 2.22. The molecule has 0 amide bonds. The Bertz CT molecular complexity index is 398. The highest BCUT2D eigenvalue weighted by Crippen LogP contribution is 2.24. The molecule has 7 heteroatoms. The fourth-order valence-electron chi connectivity index (χ4n) is 1.90. The predicted octanol–water partition coefficient (Wildman–Crippen LogP) is 0.0728. The lowest BCUT2D eigenvalue weighted by atomic mass is 9.86. The Morgan fingerprint density at radius 2 is 2.19 bits per heavy atom. The van der Waals surface area contributed by atoms with Crippen LogP contribution in [0, 0.1) is 17.2 Å². The molecule has 0 heterocycles. The van der Waals surface area contributed by atoms with Gasteiger partial charge in [-0.3, -0.25) is 4.79 Å². The van der Waals surface area contributed by atoms with E-state index in [4.69, 9.17) is 10.4 Å². The molecule has 90 valence electrons. The Balaban J connectivity index is 2.56. The quantitative estimate of drug-likeness (QED) is 0.730. The van der Waals surface area contributed by atoms with E-state index in [9.17, 15) is 13.2 Å². The summed E-state index contributed by atoms with van der Waals surface area (Å²) in [6.45, 7) is 0. The molecule has 2 atom stereocenters. The van der Waals surface area contributed by atoms with Gasteiger partial charge in [0.25, 0.3) is 0 Å². The number of rotatable bonds is 4. The van der Waals surface area contributed by atoms with E-state index < -0.39 is 27.7 Å². The molecule has 0 aromatic carbocycles. The van der Waals surface area contributed by atoms with Gasteiger partial charge in [-0.05, 0) is 19.3 Å². The van der Waals surface area contributed by atoms with Crippen LogP contribution in [0.3, 0.4) is 0 Å². The maximum Gasteiger partial charge on any atom is 0.306 e. The standard InChI is InChI=1S/C9H14N2O4S/c10-4-5-16(14,15)11-8-3-1-2-7(6-8)9(12)13/h7-8,11H,1-3,5-6H2,(H,12,13). The van der Waals surface area contributed by atoms with Gasteiger partial charge in [0.05, 0.1) is 12.0 Å². The molecule has 0 saturated heterocycles. The molecule has 0 spiro atoms. The molecule has 1 rings (SSSR count). The van der Waals surface area contributed by atoms with Crippen LogP contribution < -0.4 is 4.72 Å². The van der Waals surface area contributed by atoms with Gasteiger partial charge in [0.15, 0.2) is 5.75 Å². The van der Waals surface area contributed by atoms with E-state index in [1.807, 2.05) is 0 Å². The summed E-state index contributed by atoms with van der Waals surface area (Å²) >= 11 is 0. The number of nitrogens with one attached hydrogen (secondary N) is 1. The largest absolute Gasteiger partial charge is 0.481 e. The summed E-state index contributed by atoms with van der Waals surface area (Å²) in [4.78, 5) is 10.8. The summed E-state index contributed by atoms with van der Waals surface area (Å²) in [7, 11) is -3.58. The lowest BCUT2D eigenvalue weighted by Gasteiger charge is -2.26. The Hall–Kier alpha value is -1.13. The van der Waals surface area contributed by atoms with Gasteiger partial charge in [-0.15, -0.1) is 0 Å². The fourth-order valence-corrected chi connectivity index (χ4v) is 2.88. The minimum absolute atomic E-state index is 0.306. The molecule has 1 aliphatic rings. The minimum atomic E-state index is -3.58. The van der Waals surface area contributed by atoms with E-state index in [-0.39, 0.29) is 6.04 Å². The van der Waals surface area contributed by atoms with E-state index in [0.29, 0.717) is 25.7 Å². The Labute approximate surface area is 94.3 Å². The molecule has 1 saturated carbocycles. The van der Waals surface area contributed by atoms with E-state index in [1.165, 1.54) is 0 Å². The van der Waals surface area contributed by atoms with Gasteiger partial charge < -0.3 is 5.11 Å². The van der Waals surface area contributed by atoms with Crippen LogP contribution in [0.5, 0.6) is 0 Å². The molecule has 6 nitrogen and oxygen atoms in total. The van der Waals surface area contributed by atoms with Gasteiger partial charge in [0, 0.05) is 6.04 Å². The van der Waals surface area contributed by atoms with Crippen molar-refractivity contribution in [3.8, 4) is 6.07 Å². The van der Waals surface area contributed by atoms with Crippen molar-refractivity contribution in [3.63, 3.8) is 0 Å². The first-order chi connectivity index (χ1) is 7.44. The number of sulfonamides is 1. The van der Waals surface area contributed by atoms with Gasteiger partial charge in [-0.25, -0.2) is 13.1 Å². The van der Waals surface area contributed by atoms with Crippen LogP contribution in [0.2, 0.25) is 0 Å². The highest BCUT2D eigenvalue weighted by atomic mass is 32.2. The van der Waals surface area contributed by atoms with Crippen LogP contribution >= 0.6 is 0 Å². The third-order valence-electron chi connectivity index (χ3n) is 2.62. The van der Waals surface area contributed by atoms with Crippen molar-refractivity contribution in [2.75, 3.05) is 5.75 Å². The first kappa shape index (κ1) is 12.9. The fraction of sp³-hybridized carbons (Fsp3) is 0.778. The lowest BCUT2D eigenvalue weighted by molar-refractivity contribution is -0.143. The Morgan fingerprint density at radius 1 is 1.50 bits per heavy atom. The molecule has 1 aliphatic carbocycles. The van der Waals surface area contributed by atoms with Crippen molar-refractivity contribution in [2.45, 2.75) is 31.7 Å². The molecular formula is C9H14N2O4S. The van der Waals surface area contributed by atoms with Gasteiger partial charge in [-0.1, -0.05) is 6.42 Å². The number of nitrogens with zero attached hydrogens (tertiary/aromatic N) is 1. The molecular weight excluding hydrogens is 232 g/mol. The van der Waals surface area contributed by atoms with Gasteiger partial charge in [0.2, 0.25) is 10.0 Å². The second-order valence-electron chi connectivity index (χ2n) is 3.93. The monoisotopic (exact) mass is 246 g/mol. The maximum atomic E-state index is 11.3. The number of nitriles is 1. The molecule has 0 bridgehead atoms. The van der Waals surface area contributed by atoms with Crippen molar-refractivity contribution >= 4 is 16.0 Å². The van der Waals surface area contributed by atoms with Crippen molar-refractivity contribution in [1.82, 2.24) is 4.72 Å². The summed E-state index contributed by atoms with van der Waals surface area (Å²) < 4.78 is 25.0. The highest BCUT2D eigenvalue weighted by molar-refractivity contribution is 7.89.